The summed E-state index contributed by atoms with van der Waals surface area (Å²) in [4.78, 5) is 17.4. The molecule has 2 heterocycles. The summed E-state index contributed by atoms with van der Waals surface area (Å²) >= 11 is 20.4. The number of hydrogen-bond donors (Lipinski definition) is 1. The van der Waals surface area contributed by atoms with Crippen LogP contribution in [0.3, 0.4) is 0 Å². The van der Waals surface area contributed by atoms with Crippen LogP contribution in [0.5, 0.6) is 0 Å². The molecule has 0 spiro atoms. The first-order chi connectivity index (χ1) is 16.9. The molecule has 0 radical (unpaired) electrons. The summed E-state index contributed by atoms with van der Waals surface area (Å²) in [7, 11) is 0. The molecule has 0 saturated heterocycles. The molecule has 4 nitrogen and oxygen atoms in total. The Kier molecular flexibility index (Phi) is 6.67. The lowest BCUT2D eigenvalue weighted by Crippen LogP contribution is -2.09. The van der Waals surface area contributed by atoms with E-state index >= 15 is 0 Å². The van der Waals surface area contributed by atoms with Crippen LogP contribution in [0.2, 0.25) is 15.1 Å². The molecule has 1 amide bonds. The highest BCUT2D eigenvalue weighted by molar-refractivity contribution is 7.21. The predicted molar refractivity (Wildman–Crippen MR) is 147 cm³/mol. The number of anilines is 1. The van der Waals surface area contributed by atoms with E-state index in [1.807, 2.05) is 55.5 Å². The Morgan fingerprint density at radius 2 is 1.83 bits per heavy atom. The van der Waals surface area contributed by atoms with Crippen molar-refractivity contribution in [2.75, 3.05) is 5.32 Å². The van der Waals surface area contributed by atoms with Crippen LogP contribution in [0, 0.1) is 6.92 Å². The molecule has 0 bridgehead atoms. The van der Waals surface area contributed by atoms with Gasteiger partial charge in [-0.05, 0) is 61.0 Å². The van der Waals surface area contributed by atoms with Crippen molar-refractivity contribution in [3.05, 3.63) is 99.2 Å². The molecule has 1 N–H and O–H groups in total. The number of nitrogens with zero attached hydrogens (tertiary/aromatic N) is 1. The van der Waals surface area contributed by atoms with E-state index in [1.165, 1.54) is 17.4 Å². The van der Waals surface area contributed by atoms with Gasteiger partial charge in [-0.1, -0.05) is 59.1 Å². The number of carbonyl (C=O) groups excluding carboxylic acids is 1. The summed E-state index contributed by atoms with van der Waals surface area (Å²) in [6, 6.07) is 20.5. The molecule has 0 aliphatic rings. The molecule has 0 aliphatic carbocycles. The lowest BCUT2D eigenvalue weighted by molar-refractivity contribution is -0.111. The number of carbonyl (C=O) groups is 1. The summed E-state index contributed by atoms with van der Waals surface area (Å²) in [5, 5.41) is 5.02. The number of amides is 1. The van der Waals surface area contributed by atoms with Gasteiger partial charge in [0, 0.05) is 27.2 Å². The number of furan rings is 1. The number of hydrogen-bond acceptors (Lipinski definition) is 4. The van der Waals surface area contributed by atoms with Crippen molar-refractivity contribution in [2.45, 2.75) is 6.92 Å². The standard InChI is InChI=1S/C27H17Cl3N2O2S/c1-15-6-7-16(12-20(15)29)23-10-8-18(34-23)9-11-25(33)32-26-19(13-17(28)14-21(26)30)27-31-22-4-2-3-5-24(22)35-27/h2-14H,1H3,(H,32,33)/b11-9+. The Balaban J connectivity index is 1.38. The van der Waals surface area contributed by atoms with Gasteiger partial charge < -0.3 is 9.73 Å². The first-order valence-electron chi connectivity index (χ1n) is 10.6. The van der Waals surface area contributed by atoms with Crippen molar-refractivity contribution >= 4 is 74.0 Å². The Hall–Kier alpha value is -3.09. The highest BCUT2D eigenvalue weighted by Crippen LogP contribution is 2.40. The molecule has 5 rings (SSSR count). The zero-order chi connectivity index (χ0) is 24.5. The van der Waals surface area contributed by atoms with Gasteiger partial charge in [0.25, 0.3) is 0 Å². The fourth-order valence-electron chi connectivity index (χ4n) is 3.52. The number of para-hydroxylation sites is 1. The third kappa shape index (κ3) is 5.14. The smallest absolute Gasteiger partial charge is 0.248 e. The van der Waals surface area contributed by atoms with Crippen LogP contribution in [-0.4, -0.2) is 10.9 Å². The normalized spacial score (nSPS) is 11.4. The SMILES string of the molecule is Cc1ccc(-c2ccc(/C=C/C(=O)Nc3c(Cl)cc(Cl)cc3-c3nc4ccccc4s3)o2)cc1Cl. The second-order valence-corrected chi connectivity index (χ2v) is 10.1. The molecule has 3 aromatic carbocycles. The van der Waals surface area contributed by atoms with E-state index in [4.69, 9.17) is 39.2 Å². The zero-order valence-electron chi connectivity index (χ0n) is 18.3. The average molecular weight is 540 g/mol. The fourth-order valence-corrected chi connectivity index (χ4v) is 5.23. The fraction of sp³-hybridized carbons (Fsp3) is 0.0370. The molecule has 0 unspecified atom stereocenters. The van der Waals surface area contributed by atoms with Gasteiger partial charge in [0.15, 0.2) is 0 Å². The van der Waals surface area contributed by atoms with Crippen molar-refractivity contribution in [3.63, 3.8) is 0 Å². The maximum absolute atomic E-state index is 12.8. The molecule has 5 aromatic rings. The van der Waals surface area contributed by atoms with E-state index in [-0.39, 0.29) is 5.91 Å². The van der Waals surface area contributed by atoms with Gasteiger partial charge in [-0.25, -0.2) is 4.98 Å². The Morgan fingerprint density at radius 1 is 1.00 bits per heavy atom. The monoisotopic (exact) mass is 538 g/mol. The summed E-state index contributed by atoms with van der Waals surface area (Å²) in [5.41, 5.74) is 3.81. The molecule has 0 aliphatic heterocycles. The maximum atomic E-state index is 12.8. The zero-order valence-corrected chi connectivity index (χ0v) is 21.4. The van der Waals surface area contributed by atoms with Gasteiger partial charge in [0.2, 0.25) is 5.91 Å². The third-order valence-electron chi connectivity index (χ3n) is 5.31. The van der Waals surface area contributed by atoms with Crippen molar-refractivity contribution < 1.29 is 9.21 Å². The van der Waals surface area contributed by atoms with Gasteiger partial charge in [0.05, 0.1) is 20.9 Å². The van der Waals surface area contributed by atoms with Gasteiger partial charge in [-0.3, -0.25) is 4.79 Å². The molecule has 2 aromatic heterocycles. The van der Waals surface area contributed by atoms with Crippen LogP contribution in [0.1, 0.15) is 11.3 Å². The molecule has 8 heteroatoms. The third-order valence-corrected chi connectivity index (χ3v) is 7.30. The summed E-state index contributed by atoms with van der Waals surface area (Å²) in [6.07, 6.45) is 2.98. The van der Waals surface area contributed by atoms with Crippen LogP contribution >= 0.6 is 46.1 Å². The number of aromatic nitrogens is 1. The van der Waals surface area contributed by atoms with E-state index in [0.29, 0.717) is 42.8 Å². The van der Waals surface area contributed by atoms with E-state index in [9.17, 15) is 4.79 Å². The van der Waals surface area contributed by atoms with Gasteiger partial charge in [-0.2, -0.15) is 0 Å². The number of halogens is 3. The number of fused-ring (bicyclic) bond motifs is 1. The highest BCUT2D eigenvalue weighted by Gasteiger charge is 2.16. The molecule has 35 heavy (non-hydrogen) atoms. The van der Waals surface area contributed by atoms with Crippen LogP contribution < -0.4 is 5.32 Å². The minimum atomic E-state index is -0.368. The topological polar surface area (TPSA) is 55.1 Å². The van der Waals surface area contributed by atoms with Gasteiger partial charge in [-0.15, -0.1) is 11.3 Å². The number of benzene rings is 3. The largest absolute Gasteiger partial charge is 0.457 e. The lowest BCUT2D eigenvalue weighted by atomic mass is 10.1. The van der Waals surface area contributed by atoms with E-state index in [1.54, 1.807) is 24.3 Å². The van der Waals surface area contributed by atoms with Crippen LogP contribution in [0.15, 0.2) is 77.2 Å². The number of thiazole rings is 1. The number of nitrogens with one attached hydrogen (secondary N) is 1. The Labute approximate surface area is 220 Å². The van der Waals surface area contributed by atoms with Crippen molar-refractivity contribution in [1.82, 2.24) is 4.98 Å². The molecule has 0 atom stereocenters. The quantitative estimate of drug-likeness (QED) is 0.227. The molecule has 174 valence electrons. The van der Waals surface area contributed by atoms with Crippen LogP contribution in [-0.2, 0) is 4.79 Å². The van der Waals surface area contributed by atoms with E-state index < -0.39 is 0 Å². The Morgan fingerprint density at radius 3 is 2.63 bits per heavy atom. The predicted octanol–water partition coefficient (Wildman–Crippen LogP) is 9.14. The highest BCUT2D eigenvalue weighted by atomic mass is 35.5. The summed E-state index contributed by atoms with van der Waals surface area (Å²) in [6.45, 7) is 1.94. The van der Waals surface area contributed by atoms with Crippen molar-refractivity contribution in [2.24, 2.45) is 0 Å². The number of rotatable bonds is 5. The van der Waals surface area contributed by atoms with Crippen LogP contribution in [0.4, 0.5) is 5.69 Å². The molecular weight excluding hydrogens is 523 g/mol. The first-order valence-corrected chi connectivity index (χ1v) is 12.5. The van der Waals surface area contributed by atoms with Gasteiger partial charge in [0.1, 0.15) is 16.5 Å². The minimum Gasteiger partial charge on any atom is -0.457 e. The van der Waals surface area contributed by atoms with Crippen molar-refractivity contribution in [1.29, 1.82) is 0 Å². The second-order valence-electron chi connectivity index (χ2n) is 7.79. The summed E-state index contributed by atoms with van der Waals surface area (Å²) < 4.78 is 6.88. The average Bonchev–Trinajstić information content (AvgIpc) is 3.48. The summed E-state index contributed by atoms with van der Waals surface area (Å²) in [5.74, 6) is 0.819. The maximum Gasteiger partial charge on any atom is 0.248 e. The van der Waals surface area contributed by atoms with Crippen LogP contribution in [0.25, 0.3) is 38.2 Å². The Bertz CT molecular complexity index is 1570. The second kappa shape index (κ2) is 9.88. The first kappa shape index (κ1) is 23.6. The van der Waals surface area contributed by atoms with Gasteiger partial charge >= 0.3 is 0 Å². The van der Waals surface area contributed by atoms with E-state index in [2.05, 4.69) is 10.3 Å². The van der Waals surface area contributed by atoms with E-state index in [0.717, 1.165) is 21.3 Å². The van der Waals surface area contributed by atoms with Crippen molar-refractivity contribution in [3.8, 4) is 21.9 Å². The minimum absolute atomic E-state index is 0.324. The molecule has 0 fully saturated rings. The molecular formula is C27H17Cl3N2O2S. The lowest BCUT2D eigenvalue weighted by Gasteiger charge is -2.11. The number of aryl methyl sites for hydroxylation is 1. The molecule has 0 saturated carbocycles.